The van der Waals surface area contributed by atoms with E-state index in [-0.39, 0.29) is 48.6 Å². The number of anilines is 2. The van der Waals surface area contributed by atoms with E-state index in [1.807, 2.05) is 62.7 Å². The summed E-state index contributed by atoms with van der Waals surface area (Å²) in [7, 11) is 0. The zero-order valence-corrected chi connectivity index (χ0v) is 45.3. The fourth-order valence-corrected chi connectivity index (χ4v) is 11.7. The summed E-state index contributed by atoms with van der Waals surface area (Å²) < 4.78 is 21.3. The van der Waals surface area contributed by atoms with E-state index < -0.39 is 29.1 Å². The number of hydrogen-bond donors (Lipinski definition) is 4. The molecule has 2 atom stereocenters. The predicted octanol–water partition coefficient (Wildman–Crippen LogP) is 8.64. The second-order valence-electron chi connectivity index (χ2n) is 21.8. The molecule has 73 heavy (non-hydrogen) atoms. The second-order valence-corrected chi connectivity index (χ2v) is 24.1. The highest BCUT2D eigenvalue weighted by Gasteiger charge is 2.53. The van der Waals surface area contributed by atoms with Crippen molar-refractivity contribution in [1.82, 2.24) is 30.4 Å². The number of rotatable bonds is 18. The molecule has 0 radical (unpaired) electrons. The topological polar surface area (TPSA) is 187 Å². The highest BCUT2D eigenvalue weighted by Crippen LogP contribution is 2.41. The highest BCUT2D eigenvalue weighted by molar-refractivity contribution is 8.20. The number of amides is 4. The highest BCUT2D eigenvalue weighted by atomic mass is 35.5. The van der Waals surface area contributed by atoms with Crippen LogP contribution in [0.2, 0.25) is 5.02 Å². The van der Waals surface area contributed by atoms with Gasteiger partial charge in [-0.25, -0.2) is 14.4 Å². The molecule has 5 N–H and O–H groups in total. The number of nitrogens with two attached hydrogens (primary N) is 1. The molecule has 19 heteroatoms. The van der Waals surface area contributed by atoms with Crippen molar-refractivity contribution in [1.29, 1.82) is 0 Å². The summed E-state index contributed by atoms with van der Waals surface area (Å²) in [6.07, 6.45) is 10.7. The fraction of sp³-hybridized carbons (Fsp3) is 0.574. The Morgan fingerprint density at radius 2 is 1.77 bits per heavy atom. The number of likely N-dealkylation sites (tertiary alicyclic amines) is 2. The third-order valence-electron chi connectivity index (χ3n) is 14.7. The van der Waals surface area contributed by atoms with E-state index in [9.17, 15) is 23.6 Å². The number of nitrogens with one attached hydrogen (secondary N) is 3. The SMILES string of the molecule is CC1=C(c2ccc(CNC(=O)C3CCCCN3C(=O)C(NC(=O)C3(F)CC3)C(C)(C)C)c(OCCCN3CCC(CC(=O)Nc4cccc(Sc5cnc(N6CCC(C)(N)CC6)cn5)c4Cl)CC3)c2)SC=NC1. The fourth-order valence-electron chi connectivity index (χ4n) is 9.83. The van der Waals surface area contributed by atoms with Crippen molar-refractivity contribution in [3.05, 3.63) is 70.5 Å². The van der Waals surface area contributed by atoms with Gasteiger partial charge in [0.2, 0.25) is 17.7 Å². The molecule has 0 bridgehead atoms. The maximum absolute atomic E-state index is 14.7. The van der Waals surface area contributed by atoms with Crippen LogP contribution in [0.1, 0.15) is 116 Å². The second kappa shape index (κ2) is 23.8. The molecule has 0 spiro atoms. The number of aromatic nitrogens is 2. The Morgan fingerprint density at radius 3 is 2.47 bits per heavy atom. The number of aliphatic imine (C=N–C) groups is 1. The van der Waals surface area contributed by atoms with Crippen LogP contribution in [-0.2, 0) is 25.7 Å². The van der Waals surface area contributed by atoms with Gasteiger partial charge in [-0.2, -0.15) is 0 Å². The molecule has 5 aliphatic rings. The van der Waals surface area contributed by atoms with Gasteiger partial charge in [-0.15, -0.1) is 0 Å². The number of benzene rings is 2. The summed E-state index contributed by atoms with van der Waals surface area (Å²) in [5.41, 5.74) is 8.99. The maximum atomic E-state index is 14.7. The Morgan fingerprint density at radius 1 is 1.00 bits per heavy atom. The van der Waals surface area contributed by atoms with Gasteiger partial charge in [0.25, 0.3) is 5.91 Å². The lowest BCUT2D eigenvalue weighted by molar-refractivity contribution is -0.148. The number of ether oxygens (including phenoxy) is 1. The van der Waals surface area contributed by atoms with E-state index in [0.717, 1.165) is 104 Å². The normalized spacial score (nSPS) is 20.6. The minimum atomic E-state index is -1.92. The van der Waals surface area contributed by atoms with Gasteiger partial charge in [-0.1, -0.05) is 74.1 Å². The Balaban J connectivity index is 0.809. The zero-order valence-electron chi connectivity index (χ0n) is 42.9. The van der Waals surface area contributed by atoms with Crippen LogP contribution in [0, 0.1) is 11.3 Å². The van der Waals surface area contributed by atoms with Crippen molar-refractivity contribution >= 4 is 80.7 Å². The van der Waals surface area contributed by atoms with Gasteiger partial charge in [0.05, 0.1) is 41.8 Å². The van der Waals surface area contributed by atoms with E-state index in [1.165, 1.54) is 17.3 Å². The molecule has 1 aliphatic carbocycles. The van der Waals surface area contributed by atoms with Crippen molar-refractivity contribution in [2.75, 3.05) is 62.6 Å². The van der Waals surface area contributed by atoms with Crippen molar-refractivity contribution in [2.45, 2.75) is 145 Å². The first-order chi connectivity index (χ1) is 34.9. The lowest BCUT2D eigenvalue weighted by atomic mass is 9.84. The van der Waals surface area contributed by atoms with Gasteiger partial charge in [0.15, 0.2) is 5.67 Å². The minimum absolute atomic E-state index is 0.0561. The number of hydrogen-bond acceptors (Lipinski definition) is 13. The number of carbonyl (C=O) groups is 4. The molecule has 15 nitrogen and oxygen atoms in total. The summed E-state index contributed by atoms with van der Waals surface area (Å²) in [4.78, 5) is 76.1. The Bertz CT molecular complexity index is 2540. The molecule has 8 rings (SSSR count). The van der Waals surface area contributed by atoms with Gasteiger partial charge in [-0.3, -0.25) is 24.2 Å². The van der Waals surface area contributed by atoms with E-state index in [2.05, 4.69) is 54.6 Å². The van der Waals surface area contributed by atoms with E-state index in [4.69, 9.17) is 22.1 Å². The molecule has 4 aliphatic heterocycles. The largest absolute Gasteiger partial charge is 0.493 e. The van der Waals surface area contributed by atoms with Crippen LogP contribution in [0.15, 0.2) is 69.3 Å². The Hall–Kier alpha value is -4.75. The van der Waals surface area contributed by atoms with Crippen molar-refractivity contribution in [3.8, 4) is 5.75 Å². The molecule has 5 heterocycles. The van der Waals surface area contributed by atoms with Gasteiger partial charge in [-0.05, 0) is 132 Å². The molecule has 4 fully saturated rings. The third-order valence-corrected chi connectivity index (χ3v) is 17.2. The van der Waals surface area contributed by atoms with Crippen LogP contribution in [0.5, 0.6) is 5.75 Å². The molecular weight excluding hydrogens is 987 g/mol. The standard InChI is InChI=1S/C54H72ClFN10O5S2/c1-35-30-58-34-72-47(35)37-13-14-38(31-61-49(68)40-11-6-7-22-66(40)50(69)48(52(2,3)4)63-51(70)54(56)17-18-54)41(29-37)71-27-9-21-64-23-15-36(16-24-64)28-44(67)62-39-10-8-12-42(46(39)55)73-45-33-59-43(32-60-45)65-25-19-53(5,57)20-26-65/h8,10,12-14,29,32-34,36,40,48H,6-7,9,11,15-28,30-31,57H2,1-5H3,(H,61,68)(H,62,67)(H,63,70). The monoisotopic (exact) mass is 1060 g/mol. The van der Waals surface area contributed by atoms with Gasteiger partial charge in [0, 0.05) is 60.0 Å². The third kappa shape index (κ3) is 14.4. The maximum Gasteiger partial charge on any atom is 0.258 e. The van der Waals surface area contributed by atoms with Crippen molar-refractivity contribution in [2.24, 2.45) is 22.1 Å². The lowest BCUT2D eigenvalue weighted by Gasteiger charge is -2.40. The first kappa shape index (κ1) is 54.5. The molecule has 3 saturated heterocycles. The van der Waals surface area contributed by atoms with Crippen LogP contribution in [0.4, 0.5) is 15.9 Å². The minimum Gasteiger partial charge on any atom is -0.493 e. The average Bonchev–Trinajstić information content (AvgIpc) is 4.13. The van der Waals surface area contributed by atoms with Gasteiger partial charge < -0.3 is 41.1 Å². The lowest BCUT2D eigenvalue weighted by Crippen LogP contribution is -2.61. The van der Waals surface area contributed by atoms with Crippen LogP contribution in [0.3, 0.4) is 0 Å². The summed E-state index contributed by atoms with van der Waals surface area (Å²) in [6, 6.07) is 10.00. The van der Waals surface area contributed by atoms with E-state index in [0.29, 0.717) is 54.0 Å². The number of halogens is 2. The summed E-state index contributed by atoms with van der Waals surface area (Å²) >= 11 is 9.83. The first-order valence-electron chi connectivity index (χ1n) is 25.9. The van der Waals surface area contributed by atoms with Crippen LogP contribution in [-0.4, -0.2) is 125 Å². The molecule has 2 unspecified atom stereocenters. The molecule has 3 aromatic rings. The average molecular weight is 1060 g/mol. The number of piperidine rings is 3. The van der Waals surface area contributed by atoms with Crippen LogP contribution in [0.25, 0.3) is 4.91 Å². The summed E-state index contributed by atoms with van der Waals surface area (Å²) in [6.45, 7) is 15.7. The quantitative estimate of drug-likeness (QED) is 0.0890. The molecule has 4 amide bonds. The Labute approximate surface area is 443 Å². The number of alkyl halides is 1. The zero-order chi connectivity index (χ0) is 51.9. The molecular formula is C54H72ClFN10O5S2. The molecule has 1 aromatic heterocycles. The van der Waals surface area contributed by atoms with E-state index >= 15 is 0 Å². The van der Waals surface area contributed by atoms with Crippen LogP contribution < -0.4 is 31.3 Å². The number of nitrogens with zero attached hydrogens (tertiary/aromatic N) is 6. The van der Waals surface area contributed by atoms with Gasteiger partial charge >= 0.3 is 0 Å². The van der Waals surface area contributed by atoms with Gasteiger partial charge in [0.1, 0.15) is 28.7 Å². The van der Waals surface area contributed by atoms with E-state index in [1.54, 1.807) is 29.1 Å². The molecule has 1 saturated carbocycles. The molecule has 394 valence electrons. The number of thioether (sulfide) groups is 1. The van der Waals surface area contributed by atoms with Crippen LogP contribution >= 0.6 is 35.1 Å². The van der Waals surface area contributed by atoms with Crippen molar-refractivity contribution in [3.63, 3.8) is 0 Å². The number of carbonyl (C=O) groups excluding carboxylic acids is 4. The van der Waals surface area contributed by atoms with Crippen molar-refractivity contribution < 1.29 is 28.3 Å². The summed E-state index contributed by atoms with van der Waals surface area (Å²) in [5.74, 6) is 0.311. The smallest absolute Gasteiger partial charge is 0.258 e. The predicted molar refractivity (Wildman–Crippen MR) is 290 cm³/mol. The Kier molecular flexibility index (Phi) is 17.8. The molecule has 2 aromatic carbocycles. The first-order valence-corrected chi connectivity index (χ1v) is 28.0. The summed E-state index contributed by atoms with van der Waals surface area (Å²) in [5, 5.41) is 10.1.